The van der Waals surface area contributed by atoms with Gasteiger partial charge in [-0.15, -0.1) is 0 Å². The summed E-state index contributed by atoms with van der Waals surface area (Å²) in [7, 11) is 4.19. The number of hydrogen-bond acceptors (Lipinski definition) is 1. The highest BCUT2D eigenvalue weighted by atomic mass is 16.0. The quantitative estimate of drug-likeness (QED) is 0.566. The van der Waals surface area contributed by atoms with Crippen LogP contribution in [-0.4, -0.2) is 36.7 Å². The Bertz CT molecular complexity index is 216. The topological polar surface area (TPSA) is 66.2 Å². The first-order chi connectivity index (χ1) is 5.22. The molecule has 3 nitrogen and oxygen atoms in total. The summed E-state index contributed by atoms with van der Waals surface area (Å²) in [6.45, 7) is 2.71. The zero-order valence-corrected chi connectivity index (χ0v) is 8.41. The van der Waals surface area contributed by atoms with Crippen molar-refractivity contribution in [1.82, 2.24) is 4.81 Å². The minimum Gasteiger partial charge on any atom is -0.412 e. The number of hydrogen-bond donors (Lipinski definition) is 0. The Labute approximate surface area is 80.1 Å². The van der Waals surface area contributed by atoms with Gasteiger partial charge in [0.15, 0.2) is 0 Å². The second-order valence-electron chi connectivity index (χ2n) is 3.05. The zero-order valence-electron chi connectivity index (χ0n) is 8.41. The highest BCUT2D eigenvalue weighted by Crippen LogP contribution is 1.90. The Morgan fingerprint density at radius 2 is 1.46 bits per heavy atom. The molecule has 0 heterocycles. The van der Waals surface area contributed by atoms with Crippen LogP contribution in [0.2, 0.25) is 6.82 Å². The van der Waals surface area contributed by atoms with Gasteiger partial charge in [-0.1, -0.05) is 42.6 Å². The summed E-state index contributed by atoms with van der Waals surface area (Å²) in [6, 6.07) is 10.5. The number of nitrogens with zero attached hydrogens (tertiary/aromatic N) is 1. The van der Waals surface area contributed by atoms with Crippen molar-refractivity contribution in [3.05, 3.63) is 30.3 Å². The first kappa shape index (κ1) is 14.7. The molecular weight excluding hydrogens is 165 g/mol. The maximum Gasteiger partial charge on any atom is 0.253 e. The van der Waals surface area contributed by atoms with Crippen LogP contribution < -0.4 is 5.46 Å². The largest absolute Gasteiger partial charge is 0.412 e. The molecule has 4 heteroatoms. The maximum atomic E-state index is 2.20. The predicted molar refractivity (Wildman–Crippen MR) is 58.6 cm³/mol. The van der Waals surface area contributed by atoms with E-state index in [0.29, 0.717) is 6.85 Å². The molecule has 0 unspecified atom stereocenters. The van der Waals surface area contributed by atoms with Crippen LogP contribution in [-0.2, 0) is 0 Å². The molecular formula is C9H18BNO2. The van der Waals surface area contributed by atoms with E-state index in [-0.39, 0.29) is 11.0 Å². The summed E-state index contributed by atoms with van der Waals surface area (Å²) in [4.78, 5) is 2.20. The van der Waals surface area contributed by atoms with Crippen molar-refractivity contribution < 1.29 is 11.0 Å². The van der Waals surface area contributed by atoms with Gasteiger partial charge < -0.3 is 15.8 Å². The molecule has 0 bridgehead atoms. The average Bonchev–Trinajstić information content (AvgIpc) is 2.05. The third-order valence-corrected chi connectivity index (χ3v) is 2.06. The molecule has 0 aromatic heterocycles. The molecule has 0 saturated heterocycles. The van der Waals surface area contributed by atoms with E-state index in [0.717, 1.165) is 0 Å². The second-order valence-corrected chi connectivity index (χ2v) is 3.05. The number of rotatable bonds is 2. The Balaban J connectivity index is 0. The first-order valence-electron chi connectivity index (χ1n) is 3.93. The standard InChI is InChI=1S/C9H14BN.2H2O/c1-10(11(2)3)9-7-5-4-6-8-9;;/h4-8H,1-3H3;2*1H2. The smallest absolute Gasteiger partial charge is 0.253 e. The lowest BCUT2D eigenvalue weighted by Crippen LogP contribution is -2.40. The van der Waals surface area contributed by atoms with Gasteiger partial charge in [-0.05, 0) is 14.1 Å². The molecule has 74 valence electrons. The summed E-state index contributed by atoms with van der Waals surface area (Å²) < 4.78 is 0. The van der Waals surface area contributed by atoms with E-state index >= 15 is 0 Å². The molecule has 1 aromatic carbocycles. The second kappa shape index (κ2) is 6.66. The van der Waals surface area contributed by atoms with Crippen molar-refractivity contribution in [3.8, 4) is 0 Å². The highest BCUT2D eigenvalue weighted by molar-refractivity contribution is 6.69. The molecule has 0 aliphatic carbocycles. The van der Waals surface area contributed by atoms with Gasteiger partial charge in [0.1, 0.15) is 0 Å². The summed E-state index contributed by atoms with van der Waals surface area (Å²) >= 11 is 0. The van der Waals surface area contributed by atoms with E-state index < -0.39 is 0 Å². The molecule has 0 saturated carbocycles. The lowest BCUT2D eigenvalue weighted by atomic mass is 9.57. The molecule has 13 heavy (non-hydrogen) atoms. The van der Waals surface area contributed by atoms with Crippen LogP contribution in [0.3, 0.4) is 0 Å². The lowest BCUT2D eigenvalue weighted by Gasteiger charge is -2.15. The van der Waals surface area contributed by atoms with E-state index in [1.165, 1.54) is 5.46 Å². The molecule has 0 spiro atoms. The van der Waals surface area contributed by atoms with Crippen LogP contribution in [0, 0.1) is 0 Å². The lowest BCUT2D eigenvalue weighted by molar-refractivity contribution is 0.653. The third kappa shape index (κ3) is 4.08. The van der Waals surface area contributed by atoms with Crippen molar-refractivity contribution in [1.29, 1.82) is 0 Å². The van der Waals surface area contributed by atoms with E-state index in [2.05, 4.69) is 50.0 Å². The zero-order chi connectivity index (χ0) is 8.27. The Morgan fingerprint density at radius 3 is 1.85 bits per heavy atom. The highest BCUT2D eigenvalue weighted by Gasteiger charge is 2.10. The predicted octanol–water partition coefficient (Wildman–Crippen LogP) is -0.573. The minimum absolute atomic E-state index is 0. The van der Waals surface area contributed by atoms with Gasteiger partial charge in [0, 0.05) is 0 Å². The Hall–Kier alpha value is -0.835. The van der Waals surface area contributed by atoms with Crippen LogP contribution in [0.1, 0.15) is 0 Å². The van der Waals surface area contributed by atoms with Crippen LogP contribution in [0.4, 0.5) is 0 Å². The fourth-order valence-corrected chi connectivity index (χ4v) is 1.03. The first-order valence-corrected chi connectivity index (χ1v) is 3.93. The van der Waals surface area contributed by atoms with Gasteiger partial charge in [-0.25, -0.2) is 0 Å². The number of benzene rings is 1. The van der Waals surface area contributed by atoms with Gasteiger partial charge in [0.25, 0.3) is 6.85 Å². The average molecular weight is 183 g/mol. The molecule has 0 radical (unpaired) electrons. The third-order valence-electron chi connectivity index (χ3n) is 2.06. The van der Waals surface area contributed by atoms with E-state index in [1.54, 1.807) is 0 Å². The van der Waals surface area contributed by atoms with Gasteiger partial charge >= 0.3 is 0 Å². The summed E-state index contributed by atoms with van der Waals surface area (Å²) in [5.74, 6) is 0. The van der Waals surface area contributed by atoms with Crippen molar-refractivity contribution >= 4 is 12.3 Å². The molecule has 0 aliphatic heterocycles. The summed E-state index contributed by atoms with van der Waals surface area (Å²) in [5, 5.41) is 0. The van der Waals surface area contributed by atoms with Crippen molar-refractivity contribution in [2.75, 3.05) is 14.1 Å². The molecule has 0 atom stereocenters. The molecule has 0 amide bonds. The molecule has 1 aromatic rings. The summed E-state index contributed by atoms with van der Waals surface area (Å²) in [5.41, 5.74) is 1.37. The van der Waals surface area contributed by atoms with Crippen LogP contribution in [0.15, 0.2) is 30.3 Å². The van der Waals surface area contributed by atoms with Crippen LogP contribution in [0.5, 0.6) is 0 Å². The molecule has 0 aliphatic rings. The normalized spacial score (nSPS) is 8.62. The Kier molecular flexibility index (Phi) is 7.51. The molecule has 4 N–H and O–H groups in total. The van der Waals surface area contributed by atoms with Crippen molar-refractivity contribution in [2.24, 2.45) is 0 Å². The van der Waals surface area contributed by atoms with Crippen LogP contribution >= 0.6 is 0 Å². The van der Waals surface area contributed by atoms with E-state index in [4.69, 9.17) is 0 Å². The Morgan fingerprint density at radius 1 is 1.00 bits per heavy atom. The fraction of sp³-hybridized carbons (Fsp3) is 0.333. The van der Waals surface area contributed by atoms with Gasteiger partial charge in [-0.3, -0.25) is 0 Å². The fourth-order valence-electron chi connectivity index (χ4n) is 1.03. The summed E-state index contributed by atoms with van der Waals surface area (Å²) in [6.07, 6.45) is 0. The monoisotopic (exact) mass is 183 g/mol. The molecule has 0 fully saturated rings. The van der Waals surface area contributed by atoms with Crippen molar-refractivity contribution in [3.63, 3.8) is 0 Å². The SMILES string of the molecule is CB(c1ccccc1)N(C)C.O.O. The van der Waals surface area contributed by atoms with E-state index in [9.17, 15) is 0 Å². The molecule has 1 rings (SSSR count). The van der Waals surface area contributed by atoms with Gasteiger partial charge in [-0.2, -0.15) is 0 Å². The van der Waals surface area contributed by atoms with Gasteiger partial charge in [0.05, 0.1) is 0 Å². The van der Waals surface area contributed by atoms with Crippen molar-refractivity contribution in [2.45, 2.75) is 6.82 Å². The minimum atomic E-state index is 0. The van der Waals surface area contributed by atoms with E-state index in [1.807, 2.05) is 6.07 Å². The van der Waals surface area contributed by atoms with Gasteiger partial charge in [0.2, 0.25) is 0 Å². The maximum absolute atomic E-state index is 2.20. The van der Waals surface area contributed by atoms with Crippen LogP contribution in [0.25, 0.3) is 0 Å².